The smallest absolute Gasteiger partial charge is 0.257 e. The normalized spacial score (nSPS) is 14.6. The summed E-state index contributed by atoms with van der Waals surface area (Å²) in [6.45, 7) is 1.57. The van der Waals surface area contributed by atoms with E-state index in [4.69, 9.17) is 0 Å². The quantitative estimate of drug-likeness (QED) is 0.350. The number of amides is 2. The van der Waals surface area contributed by atoms with Gasteiger partial charge in [0.1, 0.15) is 0 Å². The molecule has 0 aromatic heterocycles. The van der Waals surface area contributed by atoms with Crippen LogP contribution in [0.15, 0.2) is 0 Å². The van der Waals surface area contributed by atoms with Gasteiger partial charge in [-0.2, -0.15) is 0 Å². The number of carbonyl (C=O) groups excluding carboxylic acids is 2. The Bertz CT molecular complexity index is 207. The Balaban J connectivity index is 4.76. The van der Waals surface area contributed by atoms with Gasteiger partial charge in [0.15, 0.2) is 3.42 Å². The van der Waals surface area contributed by atoms with Crippen LogP contribution < -0.4 is 0 Å². The van der Waals surface area contributed by atoms with E-state index in [0.717, 1.165) is 4.31 Å². The summed E-state index contributed by atoms with van der Waals surface area (Å²) >= 11 is 5.68. The zero-order chi connectivity index (χ0) is 10.8. The summed E-state index contributed by atoms with van der Waals surface area (Å²) in [5.74, 6) is -0.561. The molecule has 0 aromatic carbocycles. The maximum Gasteiger partial charge on any atom is 0.257 e. The van der Waals surface area contributed by atoms with E-state index in [1.807, 2.05) is 22.6 Å². The first kappa shape index (κ1) is 13.0. The zero-order valence-corrected chi connectivity index (χ0v) is 11.1. The average Bonchev–Trinajstić information content (AvgIpc) is 2.01. The Hall–Kier alpha value is 0.0200. The predicted molar refractivity (Wildman–Crippen MR) is 62.9 cm³/mol. The lowest BCUT2D eigenvalue weighted by Crippen LogP contribution is -2.48. The number of nitrogens with zero attached hydrogens (tertiary/aromatic N) is 2. The minimum atomic E-state index is -1.07. The molecular weight excluding hydrogens is 303 g/mol. The van der Waals surface area contributed by atoms with Crippen LogP contribution in [0.5, 0.6) is 0 Å². The summed E-state index contributed by atoms with van der Waals surface area (Å²) in [5.41, 5.74) is 0. The highest BCUT2D eigenvalue weighted by Gasteiger charge is 2.40. The molecule has 0 saturated heterocycles. The molecule has 0 rings (SSSR count). The van der Waals surface area contributed by atoms with Crippen LogP contribution in [0.1, 0.15) is 6.92 Å². The third-order valence-corrected chi connectivity index (χ3v) is 2.61. The molecule has 0 aliphatic carbocycles. The first-order valence-electron chi connectivity index (χ1n) is 3.59. The molecule has 2 amide bonds. The molecule has 0 saturated carbocycles. The topological polar surface area (TPSA) is 40.6 Å². The van der Waals surface area contributed by atoms with Crippen LogP contribution in [-0.4, -0.2) is 45.6 Å². The van der Waals surface area contributed by atoms with Crippen molar-refractivity contribution in [1.29, 1.82) is 0 Å². The van der Waals surface area contributed by atoms with E-state index in [0.29, 0.717) is 0 Å². The molecule has 1 unspecified atom stereocenters. The van der Waals surface area contributed by atoms with Crippen LogP contribution in [0.3, 0.4) is 0 Å². The summed E-state index contributed by atoms with van der Waals surface area (Å²) in [4.78, 5) is 24.4. The van der Waals surface area contributed by atoms with Gasteiger partial charge >= 0.3 is 0 Å². The van der Waals surface area contributed by atoms with E-state index in [1.165, 1.54) is 11.9 Å². The number of carbonyl (C=O) groups is 2. The SMILES string of the molecule is CN(C)C(=O)C(C)(I)C(=O)N(C)S. The Kier molecular flexibility index (Phi) is 4.50. The van der Waals surface area contributed by atoms with E-state index in [-0.39, 0.29) is 11.8 Å². The number of thiol groups is 1. The van der Waals surface area contributed by atoms with E-state index in [2.05, 4.69) is 12.8 Å². The highest BCUT2D eigenvalue weighted by Crippen LogP contribution is 2.23. The predicted octanol–water partition coefficient (Wildman–Crippen LogP) is 0.572. The summed E-state index contributed by atoms with van der Waals surface area (Å²) in [7, 11) is 4.74. The first-order valence-corrected chi connectivity index (χ1v) is 5.06. The lowest BCUT2D eigenvalue weighted by atomic mass is 10.1. The summed E-state index contributed by atoms with van der Waals surface area (Å²) in [6.07, 6.45) is 0. The molecule has 4 nitrogen and oxygen atoms in total. The van der Waals surface area contributed by atoms with Crippen LogP contribution >= 0.6 is 35.4 Å². The van der Waals surface area contributed by atoms with Gasteiger partial charge in [0.05, 0.1) is 0 Å². The van der Waals surface area contributed by atoms with Gasteiger partial charge < -0.3 is 4.90 Å². The van der Waals surface area contributed by atoms with Crippen molar-refractivity contribution in [1.82, 2.24) is 9.21 Å². The molecule has 0 bridgehead atoms. The summed E-state index contributed by atoms with van der Waals surface area (Å²) in [6, 6.07) is 0. The maximum atomic E-state index is 11.5. The second kappa shape index (κ2) is 4.50. The van der Waals surface area contributed by atoms with Crippen LogP contribution in [0.2, 0.25) is 0 Å². The molecule has 76 valence electrons. The highest BCUT2D eigenvalue weighted by atomic mass is 127. The van der Waals surface area contributed by atoms with Gasteiger partial charge in [0, 0.05) is 21.1 Å². The molecule has 0 N–H and O–H groups in total. The minimum absolute atomic E-state index is 0.237. The van der Waals surface area contributed by atoms with Crippen LogP contribution in [-0.2, 0) is 9.59 Å². The van der Waals surface area contributed by atoms with Crippen molar-refractivity contribution < 1.29 is 9.59 Å². The number of halogens is 1. The Morgan fingerprint density at radius 3 is 1.85 bits per heavy atom. The van der Waals surface area contributed by atoms with Gasteiger partial charge in [-0.25, -0.2) is 0 Å². The Morgan fingerprint density at radius 1 is 1.23 bits per heavy atom. The molecule has 0 fully saturated rings. The van der Waals surface area contributed by atoms with Crippen molar-refractivity contribution in [3.05, 3.63) is 0 Å². The van der Waals surface area contributed by atoms with Crippen molar-refractivity contribution >= 4 is 47.2 Å². The second-order valence-electron chi connectivity index (χ2n) is 3.03. The zero-order valence-electron chi connectivity index (χ0n) is 8.04. The average molecular weight is 316 g/mol. The number of hydrogen-bond donors (Lipinski definition) is 1. The van der Waals surface area contributed by atoms with Crippen molar-refractivity contribution in [3.63, 3.8) is 0 Å². The molecular formula is C7H13IN2O2S. The van der Waals surface area contributed by atoms with Gasteiger partial charge in [0.2, 0.25) is 5.91 Å². The van der Waals surface area contributed by atoms with Gasteiger partial charge in [-0.15, -0.1) is 0 Å². The van der Waals surface area contributed by atoms with Gasteiger partial charge in [-0.05, 0) is 6.92 Å². The van der Waals surface area contributed by atoms with Crippen molar-refractivity contribution in [2.45, 2.75) is 10.3 Å². The van der Waals surface area contributed by atoms with E-state index >= 15 is 0 Å². The summed E-state index contributed by atoms with van der Waals surface area (Å²) in [5, 5.41) is 0. The fourth-order valence-corrected chi connectivity index (χ4v) is 2.05. The summed E-state index contributed by atoms with van der Waals surface area (Å²) < 4.78 is 0.0472. The monoisotopic (exact) mass is 316 g/mol. The molecule has 0 radical (unpaired) electrons. The lowest BCUT2D eigenvalue weighted by Gasteiger charge is -2.26. The third kappa shape index (κ3) is 3.01. The molecule has 13 heavy (non-hydrogen) atoms. The van der Waals surface area contributed by atoms with Gasteiger partial charge in [0.25, 0.3) is 5.91 Å². The van der Waals surface area contributed by atoms with Crippen molar-refractivity contribution in [3.8, 4) is 0 Å². The minimum Gasteiger partial charge on any atom is -0.347 e. The van der Waals surface area contributed by atoms with Crippen molar-refractivity contribution in [2.24, 2.45) is 0 Å². The molecule has 6 heteroatoms. The van der Waals surface area contributed by atoms with Crippen LogP contribution in [0.25, 0.3) is 0 Å². The van der Waals surface area contributed by atoms with Gasteiger partial charge in [-0.3, -0.25) is 13.9 Å². The number of rotatable bonds is 2. The molecule has 0 aromatic rings. The van der Waals surface area contributed by atoms with E-state index < -0.39 is 3.42 Å². The second-order valence-corrected chi connectivity index (χ2v) is 5.79. The highest BCUT2D eigenvalue weighted by molar-refractivity contribution is 14.1. The fraction of sp³-hybridized carbons (Fsp3) is 0.714. The fourth-order valence-electron chi connectivity index (χ4n) is 0.815. The Morgan fingerprint density at radius 2 is 1.62 bits per heavy atom. The molecule has 0 spiro atoms. The molecule has 0 aliphatic heterocycles. The number of alkyl halides is 1. The lowest BCUT2D eigenvalue weighted by molar-refractivity contribution is -0.138. The molecule has 1 atom stereocenters. The van der Waals surface area contributed by atoms with Gasteiger partial charge in [-0.1, -0.05) is 35.4 Å². The van der Waals surface area contributed by atoms with Crippen LogP contribution in [0.4, 0.5) is 0 Å². The standard InChI is InChI=1S/C7H13IN2O2S/c1-7(8,5(11)9(2)3)6(12)10(4)13/h13H,1-4H3. The number of hydrogen-bond acceptors (Lipinski definition) is 3. The molecule has 0 heterocycles. The largest absolute Gasteiger partial charge is 0.347 e. The first-order chi connectivity index (χ1) is 5.71. The van der Waals surface area contributed by atoms with Crippen molar-refractivity contribution in [2.75, 3.05) is 21.1 Å². The molecule has 0 aliphatic rings. The Labute approximate surface area is 97.3 Å². The maximum absolute atomic E-state index is 11.5. The third-order valence-electron chi connectivity index (χ3n) is 1.50. The van der Waals surface area contributed by atoms with E-state index in [9.17, 15) is 9.59 Å². The van der Waals surface area contributed by atoms with Crippen LogP contribution in [0, 0.1) is 0 Å². The van der Waals surface area contributed by atoms with E-state index in [1.54, 1.807) is 21.0 Å².